The van der Waals surface area contributed by atoms with E-state index in [2.05, 4.69) is 5.32 Å². The average Bonchev–Trinajstić information content (AvgIpc) is 2.82. The van der Waals surface area contributed by atoms with Gasteiger partial charge in [-0.25, -0.2) is 0 Å². The van der Waals surface area contributed by atoms with Gasteiger partial charge in [0.05, 0.1) is 6.10 Å². The summed E-state index contributed by atoms with van der Waals surface area (Å²) in [6, 6.07) is 4.68. The topological polar surface area (TPSA) is 95.9 Å². The molecule has 0 aromatic heterocycles. The van der Waals surface area contributed by atoms with Crippen molar-refractivity contribution >= 4 is 17.7 Å². The summed E-state index contributed by atoms with van der Waals surface area (Å²) in [4.78, 5) is 37.3. The van der Waals surface area contributed by atoms with E-state index in [-0.39, 0.29) is 30.4 Å². The Morgan fingerprint density at radius 1 is 1.21 bits per heavy atom. The molecular formula is C17H18N2O5. The number of carbonyl (C=O) groups excluding carboxylic acids is 3. The molecule has 7 heteroatoms. The normalized spacial score (nSPS) is 29.1. The van der Waals surface area contributed by atoms with Gasteiger partial charge in [0.1, 0.15) is 17.9 Å². The molecule has 3 aliphatic rings. The first-order valence-electron chi connectivity index (χ1n) is 8.13. The number of nitrogens with one attached hydrogen (secondary N) is 1. The van der Waals surface area contributed by atoms with Crippen LogP contribution in [0.3, 0.4) is 0 Å². The molecule has 1 aromatic carbocycles. The molecule has 126 valence electrons. The second kappa shape index (κ2) is 5.59. The standard InChI is InChI=1S/C17H18N2O5/c20-10-6-12(7-10)24-11-1-2-13-9(5-11)8-19(17(13)23)14-3-4-15(21)18-16(14)22/h1-2,5,10,12,14,20H,3-4,6-8H2,(H,18,21,22). The van der Waals surface area contributed by atoms with Crippen LogP contribution in [0, 0.1) is 0 Å². The summed E-state index contributed by atoms with van der Waals surface area (Å²) >= 11 is 0. The summed E-state index contributed by atoms with van der Waals surface area (Å²) in [7, 11) is 0. The molecule has 1 aliphatic carbocycles. The Bertz CT molecular complexity index is 726. The zero-order valence-corrected chi connectivity index (χ0v) is 13.0. The zero-order valence-electron chi connectivity index (χ0n) is 13.0. The monoisotopic (exact) mass is 330 g/mol. The Morgan fingerprint density at radius 3 is 2.71 bits per heavy atom. The lowest BCUT2D eigenvalue weighted by Crippen LogP contribution is -2.52. The van der Waals surface area contributed by atoms with Gasteiger partial charge in [-0.3, -0.25) is 19.7 Å². The molecule has 7 nitrogen and oxygen atoms in total. The van der Waals surface area contributed by atoms with Crippen LogP contribution in [0.25, 0.3) is 0 Å². The van der Waals surface area contributed by atoms with Crippen molar-refractivity contribution in [3.8, 4) is 5.75 Å². The highest BCUT2D eigenvalue weighted by atomic mass is 16.5. The van der Waals surface area contributed by atoms with E-state index < -0.39 is 11.9 Å². The maximum atomic E-state index is 12.6. The fourth-order valence-electron chi connectivity index (χ4n) is 3.45. The molecule has 3 amide bonds. The van der Waals surface area contributed by atoms with E-state index in [1.807, 2.05) is 6.07 Å². The maximum absolute atomic E-state index is 12.6. The number of fused-ring (bicyclic) bond motifs is 1. The maximum Gasteiger partial charge on any atom is 0.255 e. The van der Waals surface area contributed by atoms with Crippen LogP contribution in [-0.2, 0) is 16.1 Å². The van der Waals surface area contributed by atoms with Gasteiger partial charge in [0, 0.05) is 31.4 Å². The van der Waals surface area contributed by atoms with Crippen LogP contribution in [0.5, 0.6) is 5.75 Å². The zero-order chi connectivity index (χ0) is 16.8. The van der Waals surface area contributed by atoms with Crippen LogP contribution in [0.4, 0.5) is 0 Å². The van der Waals surface area contributed by atoms with E-state index in [9.17, 15) is 19.5 Å². The summed E-state index contributed by atoms with van der Waals surface area (Å²) in [5, 5.41) is 11.6. The summed E-state index contributed by atoms with van der Waals surface area (Å²) in [5.41, 5.74) is 1.39. The van der Waals surface area contributed by atoms with Crippen LogP contribution in [0.15, 0.2) is 18.2 Å². The number of nitrogens with zero attached hydrogens (tertiary/aromatic N) is 1. The molecule has 0 radical (unpaired) electrons. The number of imide groups is 1. The van der Waals surface area contributed by atoms with Crippen LogP contribution in [0.2, 0.25) is 0 Å². The molecule has 0 bridgehead atoms. The molecule has 1 aromatic rings. The van der Waals surface area contributed by atoms with Gasteiger partial charge in [0.25, 0.3) is 5.91 Å². The van der Waals surface area contributed by atoms with Crippen LogP contribution in [-0.4, -0.2) is 46.0 Å². The van der Waals surface area contributed by atoms with Crippen molar-refractivity contribution < 1.29 is 24.2 Å². The summed E-state index contributed by atoms with van der Waals surface area (Å²) in [6.45, 7) is 0.338. The molecule has 1 atom stereocenters. The van der Waals surface area contributed by atoms with E-state index in [4.69, 9.17) is 4.74 Å². The first-order valence-corrected chi connectivity index (χ1v) is 8.13. The van der Waals surface area contributed by atoms with Crippen LogP contribution in [0.1, 0.15) is 41.6 Å². The van der Waals surface area contributed by atoms with Crippen molar-refractivity contribution in [2.24, 2.45) is 0 Å². The van der Waals surface area contributed by atoms with Crippen LogP contribution < -0.4 is 10.1 Å². The van der Waals surface area contributed by atoms with Crippen LogP contribution >= 0.6 is 0 Å². The highest BCUT2D eigenvalue weighted by Crippen LogP contribution is 2.32. The Kier molecular flexibility index (Phi) is 3.53. The number of piperidine rings is 1. The molecule has 2 N–H and O–H groups in total. The number of aliphatic hydroxyl groups is 1. The highest BCUT2D eigenvalue weighted by molar-refractivity contribution is 6.05. The van der Waals surface area contributed by atoms with Crippen molar-refractivity contribution in [2.75, 3.05) is 0 Å². The van der Waals surface area contributed by atoms with E-state index in [0.717, 1.165) is 5.56 Å². The molecular weight excluding hydrogens is 312 g/mol. The first-order chi connectivity index (χ1) is 11.5. The molecule has 1 saturated heterocycles. The summed E-state index contributed by atoms with van der Waals surface area (Å²) < 4.78 is 5.78. The Morgan fingerprint density at radius 2 is 2.00 bits per heavy atom. The van der Waals surface area contributed by atoms with Crippen molar-refractivity contribution in [1.29, 1.82) is 0 Å². The summed E-state index contributed by atoms with van der Waals surface area (Å²) in [6.07, 6.45) is 1.58. The minimum atomic E-state index is -0.603. The number of amides is 3. The number of rotatable bonds is 3. The molecule has 2 aliphatic heterocycles. The number of aliphatic hydroxyl groups excluding tert-OH is 1. The smallest absolute Gasteiger partial charge is 0.255 e. The third-order valence-electron chi connectivity index (χ3n) is 4.87. The minimum absolute atomic E-state index is 0.0152. The predicted molar refractivity (Wildman–Crippen MR) is 82.1 cm³/mol. The highest BCUT2D eigenvalue weighted by Gasteiger charge is 2.39. The molecule has 1 unspecified atom stereocenters. The minimum Gasteiger partial charge on any atom is -0.490 e. The van der Waals surface area contributed by atoms with Gasteiger partial charge in [0.15, 0.2) is 0 Å². The fourth-order valence-corrected chi connectivity index (χ4v) is 3.45. The lowest BCUT2D eigenvalue weighted by Gasteiger charge is -2.31. The molecule has 4 rings (SSSR count). The Hall–Kier alpha value is -2.41. The average molecular weight is 330 g/mol. The molecule has 2 fully saturated rings. The second-order valence-electron chi connectivity index (χ2n) is 6.58. The molecule has 0 spiro atoms. The van der Waals surface area contributed by atoms with Gasteiger partial charge in [-0.1, -0.05) is 0 Å². The van der Waals surface area contributed by atoms with E-state index in [0.29, 0.717) is 37.1 Å². The van der Waals surface area contributed by atoms with Gasteiger partial charge < -0.3 is 14.7 Å². The predicted octanol–water partition coefficient (Wildman–Crippen LogP) is 0.350. The second-order valence-corrected chi connectivity index (χ2v) is 6.58. The van der Waals surface area contributed by atoms with Gasteiger partial charge in [-0.15, -0.1) is 0 Å². The molecule has 24 heavy (non-hydrogen) atoms. The first kappa shape index (κ1) is 15.1. The van der Waals surface area contributed by atoms with Gasteiger partial charge >= 0.3 is 0 Å². The third-order valence-corrected chi connectivity index (χ3v) is 4.87. The number of ether oxygens (including phenoxy) is 1. The third kappa shape index (κ3) is 2.54. The molecule has 2 heterocycles. The lowest BCUT2D eigenvalue weighted by atomic mass is 9.92. The van der Waals surface area contributed by atoms with E-state index in [1.54, 1.807) is 12.1 Å². The Balaban J connectivity index is 1.49. The van der Waals surface area contributed by atoms with Gasteiger partial charge in [-0.2, -0.15) is 0 Å². The van der Waals surface area contributed by atoms with E-state index in [1.165, 1.54) is 4.90 Å². The quantitative estimate of drug-likeness (QED) is 0.780. The largest absolute Gasteiger partial charge is 0.490 e. The van der Waals surface area contributed by atoms with Crippen molar-refractivity contribution in [2.45, 2.75) is 50.5 Å². The van der Waals surface area contributed by atoms with Crippen molar-refractivity contribution in [1.82, 2.24) is 10.2 Å². The van der Waals surface area contributed by atoms with Crippen molar-refractivity contribution in [3.63, 3.8) is 0 Å². The number of hydrogen-bond acceptors (Lipinski definition) is 5. The molecule has 1 saturated carbocycles. The van der Waals surface area contributed by atoms with Gasteiger partial charge in [-0.05, 0) is 30.2 Å². The Labute approximate surface area is 138 Å². The lowest BCUT2D eigenvalue weighted by molar-refractivity contribution is -0.136. The number of benzene rings is 1. The number of hydrogen-bond donors (Lipinski definition) is 2. The SMILES string of the molecule is O=C1CCC(N2Cc3cc(OC4CC(O)C4)ccc3C2=O)C(=O)N1. The number of carbonyl (C=O) groups is 3. The summed E-state index contributed by atoms with van der Waals surface area (Å²) in [5.74, 6) is -0.222. The van der Waals surface area contributed by atoms with E-state index >= 15 is 0 Å². The van der Waals surface area contributed by atoms with Crippen molar-refractivity contribution in [3.05, 3.63) is 29.3 Å². The fraction of sp³-hybridized carbons (Fsp3) is 0.471. The van der Waals surface area contributed by atoms with Gasteiger partial charge in [0.2, 0.25) is 11.8 Å².